The maximum atomic E-state index is 12.1. The normalized spacial score (nSPS) is 14.2. The lowest BCUT2D eigenvalue weighted by Crippen LogP contribution is -2.31. The van der Waals surface area contributed by atoms with Gasteiger partial charge < -0.3 is 15.8 Å². The van der Waals surface area contributed by atoms with Gasteiger partial charge in [-0.05, 0) is 73.6 Å². The molecule has 2 aromatic rings. The Morgan fingerprint density at radius 3 is 2.50 bits per heavy atom. The highest BCUT2D eigenvalue weighted by Gasteiger charge is 2.15. The molecule has 5 nitrogen and oxygen atoms in total. The Hall–Kier alpha value is -2.82. The maximum Gasteiger partial charge on any atom is 0.338 e. The van der Waals surface area contributed by atoms with E-state index in [1.54, 1.807) is 24.3 Å². The Bertz CT molecular complexity index is 799. The number of benzene rings is 2. The summed E-state index contributed by atoms with van der Waals surface area (Å²) in [7, 11) is 0. The molecular weight excluding hydrogens is 328 g/mol. The summed E-state index contributed by atoms with van der Waals surface area (Å²) in [5.41, 5.74) is 10.4. The van der Waals surface area contributed by atoms with Gasteiger partial charge in [-0.25, -0.2) is 4.79 Å². The standard InChI is InChI=1S/C21H24N2O3/c1-14(17-7-6-15-4-2-3-5-18(15)12-17)23-20(24)13-26-21(25)16-8-10-19(22)11-9-16/h6-12,14H,2-5,13,22H2,1H3,(H,23,24)/t14-/m0/s1. The topological polar surface area (TPSA) is 81.4 Å². The minimum Gasteiger partial charge on any atom is -0.452 e. The van der Waals surface area contributed by atoms with Crippen molar-refractivity contribution in [2.75, 3.05) is 12.3 Å². The van der Waals surface area contributed by atoms with E-state index in [9.17, 15) is 9.59 Å². The highest BCUT2D eigenvalue weighted by molar-refractivity contribution is 5.91. The summed E-state index contributed by atoms with van der Waals surface area (Å²) >= 11 is 0. The largest absolute Gasteiger partial charge is 0.452 e. The third-order valence-electron chi connectivity index (χ3n) is 4.73. The number of hydrogen-bond acceptors (Lipinski definition) is 4. The average molecular weight is 352 g/mol. The van der Waals surface area contributed by atoms with Crippen LogP contribution in [0.4, 0.5) is 5.69 Å². The van der Waals surface area contributed by atoms with Crippen LogP contribution in [-0.2, 0) is 22.4 Å². The summed E-state index contributed by atoms with van der Waals surface area (Å²) in [4.78, 5) is 24.0. The first-order valence-electron chi connectivity index (χ1n) is 8.96. The van der Waals surface area contributed by atoms with Crippen molar-refractivity contribution >= 4 is 17.6 Å². The molecule has 3 rings (SSSR count). The van der Waals surface area contributed by atoms with Crippen molar-refractivity contribution in [3.63, 3.8) is 0 Å². The lowest BCUT2D eigenvalue weighted by Gasteiger charge is -2.20. The third kappa shape index (κ3) is 4.42. The quantitative estimate of drug-likeness (QED) is 0.640. The number of anilines is 1. The molecule has 0 saturated heterocycles. The number of hydrogen-bond donors (Lipinski definition) is 2. The predicted octanol–water partition coefficient (Wildman–Crippen LogP) is 3.18. The minimum absolute atomic E-state index is 0.134. The minimum atomic E-state index is -0.540. The first-order chi connectivity index (χ1) is 12.5. The first kappa shape index (κ1) is 18.0. The van der Waals surface area contributed by atoms with Crippen LogP contribution in [0.2, 0.25) is 0 Å². The number of nitrogen functional groups attached to an aromatic ring is 1. The van der Waals surface area contributed by atoms with E-state index in [0.29, 0.717) is 11.3 Å². The van der Waals surface area contributed by atoms with Gasteiger partial charge >= 0.3 is 5.97 Å². The van der Waals surface area contributed by atoms with Crippen LogP contribution in [0.5, 0.6) is 0 Å². The molecule has 0 bridgehead atoms. The van der Waals surface area contributed by atoms with Gasteiger partial charge in [0, 0.05) is 5.69 Å². The molecule has 0 heterocycles. The molecular formula is C21H24N2O3. The van der Waals surface area contributed by atoms with Crippen molar-refractivity contribution in [2.24, 2.45) is 0 Å². The van der Waals surface area contributed by atoms with E-state index in [-0.39, 0.29) is 18.6 Å². The number of aryl methyl sites for hydroxylation is 2. The second-order valence-corrected chi connectivity index (χ2v) is 6.72. The molecule has 0 aromatic heterocycles. The molecule has 1 aliphatic carbocycles. The van der Waals surface area contributed by atoms with Gasteiger partial charge in [-0.1, -0.05) is 18.2 Å². The molecule has 0 fully saturated rings. The zero-order chi connectivity index (χ0) is 18.5. The van der Waals surface area contributed by atoms with Crippen molar-refractivity contribution in [3.8, 4) is 0 Å². The van der Waals surface area contributed by atoms with Crippen LogP contribution >= 0.6 is 0 Å². The lowest BCUT2D eigenvalue weighted by atomic mass is 9.89. The summed E-state index contributed by atoms with van der Waals surface area (Å²) in [5, 5.41) is 2.88. The van der Waals surface area contributed by atoms with Crippen molar-refractivity contribution in [2.45, 2.75) is 38.6 Å². The van der Waals surface area contributed by atoms with E-state index in [4.69, 9.17) is 10.5 Å². The molecule has 0 saturated carbocycles. The summed E-state index contributed by atoms with van der Waals surface area (Å²) in [5.74, 6) is -0.861. The molecule has 5 heteroatoms. The van der Waals surface area contributed by atoms with Crippen LogP contribution in [0.1, 0.15) is 52.9 Å². The molecule has 2 aromatic carbocycles. The molecule has 1 atom stereocenters. The molecule has 26 heavy (non-hydrogen) atoms. The predicted molar refractivity (Wildman–Crippen MR) is 101 cm³/mol. The van der Waals surface area contributed by atoms with Crippen molar-refractivity contribution < 1.29 is 14.3 Å². The van der Waals surface area contributed by atoms with Crippen LogP contribution < -0.4 is 11.1 Å². The summed E-state index contributed by atoms with van der Waals surface area (Å²) in [6.07, 6.45) is 4.71. The Kier molecular flexibility index (Phi) is 5.56. The number of amides is 1. The zero-order valence-electron chi connectivity index (χ0n) is 15.0. The van der Waals surface area contributed by atoms with E-state index in [1.807, 2.05) is 6.92 Å². The van der Waals surface area contributed by atoms with Crippen LogP contribution in [0.3, 0.4) is 0 Å². The Balaban J connectivity index is 1.52. The van der Waals surface area contributed by atoms with Crippen molar-refractivity contribution in [1.29, 1.82) is 0 Å². The second-order valence-electron chi connectivity index (χ2n) is 6.72. The number of esters is 1. The van der Waals surface area contributed by atoms with Gasteiger partial charge in [0.05, 0.1) is 11.6 Å². The van der Waals surface area contributed by atoms with Gasteiger partial charge in [-0.3, -0.25) is 4.79 Å². The SMILES string of the molecule is C[C@H](NC(=O)COC(=O)c1ccc(N)cc1)c1ccc2c(c1)CCCC2. The van der Waals surface area contributed by atoms with E-state index in [2.05, 4.69) is 23.5 Å². The molecule has 1 aliphatic rings. The van der Waals surface area contributed by atoms with Crippen molar-refractivity contribution in [3.05, 3.63) is 64.7 Å². The average Bonchev–Trinajstić information content (AvgIpc) is 2.66. The van der Waals surface area contributed by atoms with Crippen LogP contribution in [0.15, 0.2) is 42.5 Å². The highest BCUT2D eigenvalue weighted by Crippen LogP contribution is 2.24. The monoisotopic (exact) mass is 352 g/mol. The number of carbonyl (C=O) groups excluding carboxylic acids is 2. The molecule has 1 amide bonds. The molecule has 0 radical (unpaired) electrons. The summed E-state index contributed by atoms with van der Waals surface area (Å²) in [6.45, 7) is 1.63. The van der Waals surface area contributed by atoms with Crippen LogP contribution in [0, 0.1) is 0 Å². The van der Waals surface area contributed by atoms with Gasteiger partial charge in [0.2, 0.25) is 0 Å². The van der Waals surface area contributed by atoms with Gasteiger partial charge in [0.15, 0.2) is 6.61 Å². The van der Waals surface area contributed by atoms with Gasteiger partial charge in [-0.2, -0.15) is 0 Å². The molecule has 0 unspecified atom stereocenters. The number of rotatable bonds is 5. The lowest BCUT2D eigenvalue weighted by molar-refractivity contribution is -0.124. The Morgan fingerprint density at radius 1 is 1.08 bits per heavy atom. The molecule has 0 spiro atoms. The molecule has 0 aliphatic heterocycles. The number of ether oxygens (including phenoxy) is 1. The number of nitrogens with one attached hydrogen (secondary N) is 1. The maximum absolute atomic E-state index is 12.1. The zero-order valence-corrected chi connectivity index (χ0v) is 15.0. The van der Waals surface area contributed by atoms with E-state index in [0.717, 1.165) is 18.4 Å². The smallest absolute Gasteiger partial charge is 0.338 e. The van der Waals surface area contributed by atoms with E-state index in [1.165, 1.54) is 24.0 Å². The van der Waals surface area contributed by atoms with Crippen LogP contribution in [0.25, 0.3) is 0 Å². The first-order valence-corrected chi connectivity index (χ1v) is 8.96. The number of fused-ring (bicyclic) bond motifs is 1. The molecule has 3 N–H and O–H groups in total. The van der Waals surface area contributed by atoms with Crippen LogP contribution in [-0.4, -0.2) is 18.5 Å². The fraction of sp³-hybridized carbons (Fsp3) is 0.333. The highest BCUT2D eigenvalue weighted by atomic mass is 16.5. The Morgan fingerprint density at radius 2 is 1.77 bits per heavy atom. The van der Waals surface area contributed by atoms with Crippen molar-refractivity contribution in [1.82, 2.24) is 5.32 Å². The number of nitrogens with two attached hydrogens (primary N) is 1. The van der Waals surface area contributed by atoms with E-state index >= 15 is 0 Å². The summed E-state index contributed by atoms with van der Waals surface area (Å²) in [6, 6.07) is 12.7. The van der Waals surface area contributed by atoms with Gasteiger partial charge in [0.25, 0.3) is 5.91 Å². The fourth-order valence-electron chi connectivity index (χ4n) is 3.22. The number of carbonyl (C=O) groups is 2. The van der Waals surface area contributed by atoms with Gasteiger partial charge in [-0.15, -0.1) is 0 Å². The fourth-order valence-corrected chi connectivity index (χ4v) is 3.22. The third-order valence-corrected chi connectivity index (χ3v) is 4.73. The second kappa shape index (κ2) is 8.04. The Labute approximate surface area is 153 Å². The van der Waals surface area contributed by atoms with Gasteiger partial charge in [0.1, 0.15) is 0 Å². The van der Waals surface area contributed by atoms with E-state index < -0.39 is 5.97 Å². The molecule has 136 valence electrons. The summed E-state index contributed by atoms with van der Waals surface area (Å²) < 4.78 is 5.07.